The lowest BCUT2D eigenvalue weighted by Crippen LogP contribution is -2.31. The van der Waals surface area contributed by atoms with Gasteiger partial charge in [0.25, 0.3) is 0 Å². The van der Waals surface area contributed by atoms with Crippen LogP contribution in [0.4, 0.5) is 0 Å². The van der Waals surface area contributed by atoms with Gasteiger partial charge >= 0.3 is 0 Å². The van der Waals surface area contributed by atoms with E-state index in [0.717, 1.165) is 10.2 Å². The van der Waals surface area contributed by atoms with Crippen molar-refractivity contribution in [3.05, 3.63) is 20.8 Å². The van der Waals surface area contributed by atoms with E-state index in [1.807, 2.05) is 12.1 Å². The highest BCUT2D eigenvalue weighted by Gasteiger charge is 1.99. The molecular formula is C8H12BrClN2OS. The van der Waals surface area contributed by atoms with Crippen molar-refractivity contribution in [1.29, 1.82) is 0 Å². The van der Waals surface area contributed by atoms with Gasteiger partial charge in [0.05, 0.1) is 10.3 Å². The largest absolute Gasteiger partial charge is 0.355 e. The fourth-order valence-corrected chi connectivity index (χ4v) is 2.37. The smallest absolute Gasteiger partial charge is 0.233 e. The van der Waals surface area contributed by atoms with Crippen molar-refractivity contribution in [2.24, 2.45) is 5.73 Å². The molecule has 0 radical (unpaired) electrons. The van der Waals surface area contributed by atoms with Crippen molar-refractivity contribution in [2.75, 3.05) is 13.1 Å². The van der Waals surface area contributed by atoms with Gasteiger partial charge in [0.1, 0.15) is 0 Å². The van der Waals surface area contributed by atoms with Crippen LogP contribution in [-0.4, -0.2) is 19.0 Å². The lowest BCUT2D eigenvalue weighted by atomic mass is 10.3. The summed E-state index contributed by atoms with van der Waals surface area (Å²) >= 11 is 5.06. The van der Waals surface area contributed by atoms with Gasteiger partial charge in [-0.2, -0.15) is 0 Å². The number of rotatable bonds is 4. The molecular weight excluding hydrogens is 288 g/mol. The van der Waals surface area contributed by atoms with E-state index >= 15 is 0 Å². The second kappa shape index (κ2) is 7.23. The molecule has 1 aromatic rings. The van der Waals surface area contributed by atoms with E-state index in [-0.39, 0.29) is 24.9 Å². The van der Waals surface area contributed by atoms with E-state index in [9.17, 15) is 4.79 Å². The molecule has 1 rings (SSSR count). The van der Waals surface area contributed by atoms with Crippen molar-refractivity contribution in [3.8, 4) is 0 Å². The molecule has 0 aliphatic carbocycles. The van der Waals surface area contributed by atoms with Crippen molar-refractivity contribution in [3.63, 3.8) is 0 Å². The van der Waals surface area contributed by atoms with Gasteiger partial charge in [0.2, 0.25) is 5.91 Å². The Hall–Kier alpha value is -0.100. The summed E-state index contributed by atoms with van der Waals surface area (Å²) in [6, 6.07) is 4.05. The Kier molecular flexibility index (Phi) is 7.17. The molecule has 3 nitrogen and oxygen atoms in total. The highest BCUT2D eigenvalue weighted by Crippen LogP contribution is 2.21. The molecule has 0 spiro atoms. The summed E-state index contributed by atoms with van der Waals surface area (Å²) in [7, 11) is 0. The lowest BCUT2D eigenvalue weighted by Gasteiger charge is -2.00. The average molecular weight is 300 g/mol. The normalized spacial score (nSPS) is 9.29. The van der Waals surface area contributed by atoms with Crippen molar-refractivity contribution < 1.29 is 4.79 Å². The van der Waals surface area contributed by atoms with Crippen molar-refractivity contribution in [1.82, 2.24) is 5.32 Å². The monoisotopic (exact) mass is 298 g/mol. The van der Waals surface area contributed by atoms with Gasteiger partial charge in [-0.05, 0) is 34.5 Å². The maximum atomic E-state index is 10.8. The minimum absolute atomic E-state index is 0. The van der Waals surface area contributed by atoms with Crippen LogP contribution in [0.15, 0.2) is 15.9 Å². The number of nitrogens with one attached hydrogen (secondary N) is 1. The Morgan fingerprint density at radius 1 is 1.57 bits per heavy atom. The van der Waals surface area contributed by atoms with Crippen LogP contribution in [0, 0.1) is 0 Å². The predicted molar refractivity (Wildman–Crippen MR) is 65.0 cm³/mol. The molecule has 6 heteroatoms. The third-order valence-electron chi connectivity index (χ3n) is 1.51. The molecule has 0 saturated heterocycles. The zero-order chi connectivity index (χ0) is 9.68. The van der Waals surface area contributed by atoms with E-state index in [2.05, 4.69) is 21.2 Å². The van der Waals surface area contributed by atoms with Gasteiger partial charge in [0.15, 0.2) is 0 Å². The third-order valence-corrected chi connectivity index (χ3v) is 3.19. The first-order chi connectivity index (χ1) is 6.22. The molecule has 0 aliphatic heterocycles. The minimum Gasteiger partial charge on any atom is -0.355 e. The standard InChI is InChI=1S/C8H11BrN2OS.ClH/c9-7-2-1-6(13-7)3-4-11-8(12)5-10;/h1-2H,3-5,10H2,(H,11,12);1H. The van der Waals surface area contributed by atoms with E-state index in [0.29, 0.717) is 6.54 Å². The SMILES string of the molecule is Cl.NCC(=O)NCCc1ccc(Br)s1. The van der Waals surface area contributed by atoms with E-state index < -0.39 is 0 Å². The van der Waals surface area contributed by atoms with Gasteiger partial charge in [0, 0.05) is 11.4 Å². The third kappa shape index (κ3) is 4.95. The molecule has 3 N–H and O–H groups in total. The highest BCUT2D eigenvalue weighted by atomic mass is 79.9. The second-order valence-corrected chi connectivity index (χ2v) is 5.06. The van der Waals surface area contributed by atoms with Crippen LogP contribution in [0.5, 0.6) is 0 Å². The topological polar surface area (TPSA) is 55.1 Å². The number of carbonyl (C=O) groups excluding carboxylic acids is 1. The van der Waals surface area contributed by atoms with Crippen molar-refractivity contribution >= 4 is 45.6 Å². The first-order valence-electron chi connectivity index (χ1n) is 3.93. The lowest BCUT2D eigenvalue weighted by molar-refractivity contribution is -0.119. The Bertz CT molecular complexity index is 293. The van der Waals surface area contributed by atoms with Crippen LogP contribution in [0.3, 0.4) is 0 Å². The van der Waals surface area contributed by atoms with Crippen LogP contribution in [0.25, 0.3) is 0 Å². The molecule has 1 heterocycles. The summed E-state index contributed by atoms with van der Waals surface area (Å²) < 4.78 is 1.12. The maximum absolute atomic E-state index is 10.8. The molecule has 0 aromatic carbocycles. The van der Waals surface area contributed by atoms with E-state index in [4.69, 9.17) is 5.73 Å². The number of carbonyl (C=O) groups is 1. The van der Waals surface area contributed by atoms with Crippen LogP contribution >= 0.6 is 39.7 Å². The van der Waals surface area contributed by atoms with Gasteiger partial charge in [-0.1, -0.05) is 0 Å². The number of thiophene rings is 1. The molecule has 0 atom stereocenters. The van der Waals surface area contributed by atoms with Crippen LogP contribution in [-0.2, 0) is 11.2 Å². The second-order valence-electron chi connectivity index (χ2n) is 2.51. The molecule has 0 bridgehead atoms. The number of amides is 1. The summed E-state index contributed by atoms with van der Waals surface area (Å²) in [6.45, 7) is 0.719. The number of halogens is 2. The van der Waals surface area contributed by atoms with Crippen LogP contribution in [0.2, 0.25) is 0 Å². The summed E-state index contributed by atoms with van der Waals surface area (Å²) in [5.74, 6) is -0.101. The average Bonchev–Trinajstić information content (AvgIpc) is 2.51. The maximum Gasteiger partial charge on any atom is 0.233 e. The molecule has 14 heavy (non-hydrogen) atoms. The zero-order valence-electron chi connectivity index (χ0n) is 7.46. The Morgan fingerprint density at radius 3 is 2.79 bits per heavy atom. The minimum atomic E-state index is -0.101. The van der Waals surface area contributed by atoms with Gasteiger partial charge < -0.3 is 11.1 Å². The Balaban J connectivity index is 0.00000169. The summed E-state index contributed by atoms with van der Waals surface area (Å²) in [4.78, 5) is 12.0. The van der Waals surface area contributed by atoms with Crippen LogP contribution in [0.1, 0.15) is 4.88 Å². The fourth-order valence-electron chi connectivity index (χ4n) is 0.883. The van der Waals surface area contributed by atoms with Gasteiger partial charge in [-0.15, -0.1) is 23.7 Å². The number of nitrogens with two attached hydrogens (primary N) is 1. The highest BCUT2D eigenvalue weighted by molar-refractivity contribution is 9.11. The first kappa shape index (κ1) is 13.9. The number of hydrogen-bond donors (Lipinski definition) is 2. The Morgan fingerprint density at radius 2 is 2.29 bits per heavy atom. The van der Waals surface area contributed by atoms with E-state index in [1.165, 1.54) is 4.88 Å². The van der Waals surface area contributed by atoms with E-state index in [1.54, 1.807) is 11.3 Å². The predicted octanol–water partition coefficient (Wildman–Crippen LogP) is 1.55. The molecule has 1 aromatic heterocycles. The fraction of sp³-hybridized carbons (Fsp3) is 0.375. The first-order valence-corrected chi connectivity index (χ1v) is 5.54. The van der Waals surface area contributed by atoms with Gasteiger partial charge in [-0.25, -0.2) is 0 Å². The summed E-state index contributed by atoms with van der Waals surface area (Å²) in [6.07, 6.45) is 0.863. The number of hydrogen-bond acceptors (Lipinski definition) is 3. The van der Waals surface area contributed by atoms with Gasteiger partial charge in [-0.3, -0.25) is 4.79 Å². The summed E-state index contributed by atoms with van der Waals surface area (Å²) in [5.41, 5.74) is 5.14. The molecule has 0 saturated carbocycles. The zero-order valence-corrected chi connectivity index (χ0v) is 10.7. The molecule has 80 valence electrons. The molecule has 0 fully saturated rings. The molecule has 0 aliphatic rings. The summed E-state index contributed by atoms with van der Waals surface area (Å²) in [5, 5.41) is 2.72. The van der Waals surface area contributed by atoms with Crippen LogP contribution < -0.4 is 11.1 Å². The molecule has 0 unspecified atom stereocenters. The quantitative estimate of drug-likeness (QED) is 0.886. The Labute approximate surface area is 102 Å². The van der Waals surface area contributed by atoms with Crippen molar-refractivity contribution in [2.45, 2.75) is 6.42 Å². The molecule has 1 amide bonds.